The second kappa shape index (κ2) is 6.78. The van der Waals surface area contributed by atoms with Gasteiger partial charge in [0, 0.05) is 25.2 Å². The number of anilines is 1. The lowest BCUT2D eigenvalue weighted by Gasteiger charge is -2.40. The number of hydrogen-bond acceptors (Lipinski definition) is 3. The number of carbonyl (C=O) groups excluding carboxylic acids is 2. The standard InChI is InChI=1S/C21H21FN2O3/c22-15-6-7-18-16(12-15)17(13-19(25)23-18)20(26)24-10-8-21(27,9-11-24)14-4-2-1-3-5-14/h1-7,12,17,27H,8-11,13H2,(H,23,25)/t17-/m0/s1. The molecule has 0 saturated carbocycles. The maximum absolute atomic E-state index is 13.7. The van der Waals surface area contributed by atoms with E-state index in [4.69, 9.17) is 0 Å². The van der Waals surface area contributed by atoms with Crippen LogP contribution in [0, 0.1) is 5.82 Å². The van der Waals surface area contributed by atoms with Gasteiger partial charge in [0.1, 0.15) is 5.82 Å². The van der Waals surface area contributed by atoms with Crippen molar-refractivity contribution in [1.82, 2.24) is 4.90 Å². The fourth-order valence-electron chi connectivity index (χ4n) is 4.01. The van der Waals surface area contributed by atoms with Crippen LogP contribution in [0.25, 0.3) is 0 Å². The summed E-state index contributed by atoms with van der Waals surface area (Å²) in [5, 5.41) is 13.6. The summed E-state index contributed by atoms with van der Waals surface area (Å²) in [6.07, 6.45) is 0.865. The van der Waals surface area contributed by atoms with Crippen molar-refractivity contribution >= 4 is 17.5 Å². The topological polar surface area (TPSA) is 69.6 Å². The van der Waals surface area contributed by atoms with Gasteiger partial charge in [-0.1, -0.05) is 30.3 Å². The number of piperidine rings is 1. The van der Waals surface area contributed by atoms with E-state index < -0.39 is 17.3 Å². The van der Waals surface area contributed by atoms with E-state index in [0.717, 1.165) is 5.56 Å². The molecule has 2 aliphatic rings. The van der Waals surface area contributed by atoms with Crippen LogP contribution in [-0.2, 0) is 15.2 Å². The van der Waals surface area contributed by atoms with Crippen molar-refractivity contribution in [3.63, 3.8) is 0 Å². The van der Waals surface area contributed by atoms with Crippen LogP contribution in [-0.4, -0.2) is 34.9 Å². The average molecular weight is 368 g/mol. The smallest absolute Gasteiger partial charge is 0.230 e. The molecule has 2 aromatic rings. The molecule has 2 amide bonds. The van der Waals surface area contributed by atoms with E-state index in [1.54, 1.807) is 4.90 Å². The van der Waals surface area contributed by atoms with Crippen molar-refractivity contribution < 1.29 is 19.1 Å². The molecular formula is C21H21FN2O3. The number of fused-ring (bicyclic) bond motifs is 1. The summed E-state index contributed by atoms with van der Waals surface area (Å²) in [6, 6.07) is 13.5. The molecule has 1 fully saturated rings. The normalized spacial score (nSPS) is 21.3. The molecule has 2 aromatic carbocycles. The summed E-state index contributed by atoms with van der Waals surface area (Å²) >= 11 is 0. The highest BCUT2D eigenvalue weighted by atomic mass is 19.1. The number of hydrogen-bond donors (Lipinski definition) is 2. The van der Waals surface area contributed by atoms with Gasteiger partial charge < -0.3 is 15.3 Å². The number of carbonyl (C=O) groups is 2. The van der Waals surface area contributed by atoms with Crippen LogP contribution in [0.2, 0.25) is 0 Å². The molecule has 140 valence electrons. The molecule has 5 nitrogen and oxygen atoms in total. The van der Waals surface area contributed by atoms with Gasteiger partial charge in [-0.3, -0.25) is 9.59 Å². The van der Waals surface area contributed by atoms with E-state index in [1.807, 2.05) is 30.3 Å². The van der Waals surface area contributed by atoms with E-state index in [-0.39, 0.29) is 18.2 Å². The lowest BCUT2D eigenvalue weighted by Crippen LogP contribution is -2.47. The third-order valence-corrected chi connectivity index (χ3v) is 5.56. The molecular weight excluding hydrogens is 347 g/mol. The Labute approximate surface area is 156 Å². The van der Waals surface area contributed by atoms with Crippen LogP contribution in [0.3, 0.4) is 0 Å². The van der Waals surface area contributed by atoms with Gasteiger partial charge in [-0.15, -0.1) is 0 Å². The van der Waals surface area contributed by atoms with Crippen LogP contribution < -0.4 is 5.32 Å². The SMILES string of the molecule is O=C1C[C@H](C(=O)N2CCC(O)(c3ccccc3)CC2)c2cc(F)ccc2N1. The van der Waals surface area contributed by atoms with Crippen molar-refractivity contribution in [3.05, 3.63) is 65.5 Å². The second-order valence-corrected chi connectivity index (χ2v) is 7.26. The lowest BCUT2D eigenvalue weighted by molar-refractivity contribution is -0.139. The van der Waals surface area contributed by atoms with Gasteiger partial charge >= 0.3 is 0 Å². The Kier molecular flexibility index (Phi) is 4.44. The van der Waals surface area contributed by atoms with Crippen LogP contribution in [0.5, 0.6) is 0 Å². The van der Waals surface area contributed by atoms with Crippen LogP contribution in [0.15, 0.2) is 48.5 Å². The summed E-state index contributed by atoms with van der Waals surface area (Å²) < 4.78 is 13.7. The molecule has 4 rings (SSSR count). The summed E-state index contributed by atoms with van der Waals surface area (Å²) in [5.41, 5.74) is 0.903. The first-order valence-corrected chi connectivity index (χ1v) is 9.12. The largest absolute Gasteiger partial charge is 0.385 e. The van der Waals surface area contributed by atoms with E-state index >= 15 is 0 Å². The predicted octanol–water partition coefficient (Wildman–Crippen LogP) is 2.76. The predicted molar refractivity (Wildman–Crippen MR) is 98.5 cm³/mol. The molecule has 2 heterocycles. The maximum Gasteiger partial charge on any atom is 0.230 e. The quantitative estimate of drug-likeness (QED) is 0.856. The molecule has 0 aromatic heterocycles. The number of benzene rings is 2. The lowest BCUT2D eigenvalue weighted by atomic mass is 9.83. The molecule has 0 unspecified atom stereocenters. The molecule has 6 heteroatoms. The maximum atomic E-state index is 13.7. The van der Waals surface area contributed by atoms with E-state index in [1.165, 1.54) is 18.2 Å². The zero-order chi connectivity index (χ0) is 19.0. The van der Waals surface area contributed by atoms with Gasteiger partial charge in [0.05, 0.1) is 11.5 Å². The number of amides is 2. The summed E-state index contributed by atoms with van der Waals surface area (Å²) in [7, 11) is 0. The minimum atomic E-state index is -0.952. The van der Waals surface area contributed by atoms with Crippen LogP contribution in [0.1, 0.15) is 36.3 Å². The van der Waals surface area contributed by atoms with E-state index in [9.17, 15) is 19.1 Å². The Morgan fingerprint density at radius 3 is 2.56 bits per heavy atom. The minimum absolute atomic E-state index is 0.00867. The second-order valence-electron chi connectivity index (χ2n) is 7.26. The zero-order valence-corrected chi connectivity index (χ0v) is 14.8. The molecule has 2 N–H and O–H groups in total. The zero-order valence-electron chi connectivity index (χ0n) is 14.8. The molecule has 2 aliphatic heterocycles. The van der Waals surface area contributed by atoms with Gasteiger partial charge in [0.25, 0.3) is 0 Å². The van der Waals surface area contributed by atoms with E-state index in [0.29, 0.717) is 37.2 Å². The van der Waals surface area contributed by atoms with Crippen molar-refractivity contribution in [1.29, 1.82) is 0 Å². The van der Waals surface area contributed by atoms with Gasteiger partial charge in [-0.2, -0.15) is 0 Å². The van der Waals surface area contributed by atoms with Crippen LogP contribution >= 0.6 is 0 Å². The van der Waals surface area contributed by atoms with Crippen LogP contribution in [0.4, 0.5) is 10.1 Å². The van der Waals surface area contributed by atoms with Gasteiger partial charge in [0.15, 0.2) is 0 Å². The highest BCUT2D eigenvalue weighted by Crippen LogP contribution is 2.37. The number of rotatable bonds is 2. The first-order valence-electron chi connectivity index (χ1n) is 9.12. The van der Waals surface area contributed by atoms with Crippen molar-refractivity contribution in [2.45, 2.75) is 30.8 Å². The minimum Gasteiger partial charge on any atom is -0.385 e. The van der Waals surface area contributed by atoms with Crippen molar-refractivity contribution in [3.8, 4) is 0 Å². The number of halogens is 1. The van der Waals surface area contributed by atoms with Gasteiger partial charge in [-0.25, -0.2) is 4.39 Å². The molecule has 27 heavy (non-hydrogen) atoms. The highest BCUT2D eigenvalue weighted by molar-refractivity contribution is 6.01. The fourth-order valence-corrected chi connectivity index (χ4v) is 4.01. The Morgan fingerprint density at radius 2 is 1.85 bits per heavy atom. The molecule has 0 spiro atoms. The molecule has 0 bridgehead atoms. The molecule has 0 aliphatic carbocycles. The fraction of sp³-hybridized carbons (Fsp3) is 0.333. The van der Waals surface area contributed by atoms with Gasteiger partial charge in [0.2, 0.25) is 11.8 Å². The van der Waals surface area contributed by atoms with Gasteiger partial charge in [-0.05, 0) is 42.2 Å². The summed E-state index contributed by atoms with van der Waals surface area (Å²) in [6.45, 7) is 0.792. The summed E-state index contributed by atoms with van der Waals surface area (Å²) in [5.74, 6) is -1.55. The Bertz CT molecular complexity index is 876. The first kappa shape index (κ1) is 17.7. The number of aliphatic hydroxyl groups is 1. The number of nitrogens with one attached hydrogen (secondary N) is 1. The Morgan fingerprint density at radius 1 is 1.15 bits per heavy atom. The van der Waals surface area contributed by atoms with E-state index in [2.05, 4.69) is 5.32 Å². The molecule has 0 radical (unpaired) electrons. The Hall–Kier alpha value is -2.73. The summed E-state index contributed by atoms with van der Waals surface area (Å²) in [4.78, 5) is 26.7. The highest BCUT2D eigenvalue weighted by Gasteiger charge is 2.39. The first-order chi connectivity index (χ1) is 13.0. The number of likely N-dealkylation sites (tertiary alicyclic amines) is 1. The number of nitrogens with zero attached hydrogens (tertiary/aromatic N) is 1. The monoisotopic (exact) mass is 368 g/mol. The molecule has 1 saturated heterocycles. The Balaban J connectivity index is 1.52. The average Bonchev–Trinajstić information content (AvgIpc) is 2.68. The third kappa shape index (κ3) is 3.32. The van der Waals surface area contributed by atoms with Crippen molar-refractivity contribution in [2.75, 3.05) is 18.4 Å². The molecule has 1 atom stereocenters. The third-order valence-electron chi connectivity index (χ3n) is 5.56. The van der Waals surface area contributed by atoms with Crippen molar-refractivity contribution in [2.24, 2.45) is 0 Å².